The molecular formula is C33H34FN11OS. The minimum Gasteiger partial charge on any atom is -0.337 e. The van der Waals surface area contributed by atoms with Crippen LogP contribution in [-0.4, -0.2) is 99.6 Å². The number of urea groups is 1. The van der Waals surface area contributed by atoms with Gasteiger partial charge in [0.15, 0.2) is 5.13 Å². The standard InChI is InChI=1S/C33H34FN11OS/c1-4-26-30(42(3)33-40-29(27(15-35)47-33)21-5-8-24(34)9-6-21)45-18-22(7-10-28(45)39-26)23-16-36-31(37-17-23)43-11-13-44(14-12-43)32(46)38-25-19-41(2)20-25/h5-10,16-18,25H,4,11-14,19-20H2,1-3H3,(H,38,46). The molecule has 0 aliphatic carbocycles. The average Bonchev–Trinajstić information content (AvgIpc) is 3.69. The van der Waals surface area contributed by atoms with Crippen LogP contribution in [0.4, 0.5) is 26.1 Å². The number of aryl methyl sites for hydroxylation is 1. The van der Waals surface area contributed by atoms with E-state index >= 15 is 0 Å². The maximum absolute atomic E-state index is 13.6. The number of likely N-dealkylation sites (tertiary alicyclic amines) is 1. The number of amides is 2. The third-order valence-corrected chi connectivity index (χ3v) is 9.69. The molecule has 0 unspecified atom stereocenters. The number of likely N-dealkylation sites (N-methyl/N-ethyl adjacent to an activating group) is 1. The lowest BCUT2D eigenvalue weighted by Gasteiger charge is -2.39. The summed E-state index contributed by atoms with van der Waals surface area (Å²) in [7, 11) is 3.96. The third-order valence-electron chi connectivity index (χ3n) is 8.65. The lowest BCUT2D eigenvalue weighted by Crippen LogP contribution is -2.61. The van der Waals surface area contributed by atoms with E-state index in [-0.39, 0.29) is 17.9 Å². The van der Waals surface area contributed by atoms with E-state index < -0.39 is 0 Å². The minimum atomic E-state index is -0.342. The largest absolute Gasteiger partial charge is 0.337 e. The van der Waals surface area contributed by atoms with Gasteiger partial charge in [0.25, 0.3) is 0 Å². The van der Waals surface area contributed by atoms with Gasteiger partial charge in [-0.25, -0.2) is 29.1 Å². The van der Waals surface area contributed by atoms with Crippen LogP contribution in [0.5, 0.6) is 0 Å². The predicted molar refractivity (Wildman–Crippen MR) is 179 cm³/mol. The summed E-state index contributed by atoms with van der Waals surface area (Å²) >= 11 is 1.28. The topological polar surface area (TPSA) is 122 Å². The number of piperazine rings is 1. The summed E-state index contributed by atoms with van der Waals surface area (Å²) in [6.45, 7) is 6.42. The number of imidazole rings is 1. The molecule has 2 saturated heterocycles. The molecule has 0 bridgehead atoms. The van der Waals surface area contributed by atoms with Crippen molar-refractivity contribution >= 4 is 39.9 Å². The number of aromatic nitrogens is 5. The molecular weight excluding hydrogens is 618 g/mol. The van der Waals surface area contributed by atoms with Crippen molar-refractivity contribution in [2.24, 2.45) is 0 Å². The molecule has 14 heteroatoms. The fraction of sp³-hybridized carbons (Fsp3) is 0.333. The summed E-state index contributed by atoms with van der Waals surface area (Å²) in [6, 6.07) is 12.5. The molecule has 2 amide bonds. The van der Waals surface area contributed by atoms with E-state index in [0.717, 1.165) is 41.4 Å². The summed E-state index contributed by atoms with van der Waals surface area (Å²) in [6.07, 6.45) is 6.36. The first-order chi connectivity index (χ1) is 22.8. The molecule has 6 heterocycles. The summed E-state index contributed by atoms with van der Waals surface area (Å²) in [4.78, 5) is 40.2. The summed E-state index contributed by atoms with van der Waals surface area (Å²) in [5, 5.41) is 13.6. The Morgan fingerprint density at radius 1 is 1.04 bits per heavy atom. The molecule has 2 aliphatic heterocycles. The highest BCUT2D eigenvalue weighted by atomic mass is 32.1. The van der Waals surface area contributed by atoms with Crippen LogP contribution < -0.4 is 15.1 Å². The summed E-state index contributed by atoms with van der Waals surface area (Å²) < 4.78 is 15.6. The van der Waals surface area contributed by atoms with E-state index in [1.165, 1.54) is 23.5 Å². The van der Waals surface area contributed by atoms with Gasteiger partial charge in [0, 0.05) is 81.6 Å². The third kappa shape index (κ3) is 5.95. The second-order valence-electron chi connectivity index (χ2n) is 11.8. The van der Waals surface area contributed by atoms with Gasteiger partial charge in [-0.15, -0.1) is 0 Å². The van der Waals surface area contributed by atoms with Crippen LogP contribution in [0.25, 0.3) is 28.0 Å². The van der Waals surface area contributed by atoms with Crippen LogP contribution in [-0.2, 0) is 6.42 Å². The van der Waals surface area contributed by atoms with Gasteiger partial charge in [0.1, 0.15) is 33.9 Å². The summed E-state index contributed by atoms with van der Waals surface area (Å²) in [5.41, 5.74) is 4.66. The first-order valence-electron chi connectivity index (χ1n) is 15.5. The number of carbonyl (C=O) groups is 1. The van der Waals surface area contributed by atoms with Crippen LogP contribution in [0.15, 0.2) is 55.0 Å². The van der Waals surface area contributed by atoms with Crippen molar-refractivity contribution in [3.05, 3.63) is 71.4 Å². The van der Waals surface area contributed by atoms with Crippen molar-refractivity contribution in [3.8, 4) is 28.5 Å². The second-order valence-corrected chi connectivity index (χ2v) is 12.8. The molecule has 0 atom stereocenters. The molecule has 0 saturated carbocycles. The number of rotatable bonds is 7. The number of nitrogens with zero attached hydrogens (tertiary/aromatic N) is 10. The van der Waals surface area contributed by atoms with Gasteiger partial charge in [-0.2, -0.15) is 5.26 Å². The molecule has 0 spiro atoms. The SMILES string of the molecule is CCc1nc2ccc(-c3cnc(N4CCN(C(=O)NC5CN(C)C5)CC4)nc3)cn2c1N(C)c1nc(-c2ccc(F)cc2)c(C#N)s1. The Bertz CT molecular complexity index is 1950. The zero-order chi connectivity index (χ0) is 32.7. The van der Waals surface area contributed by atoms with Gasteiger partial charge in [0.05, 0.1) is 11.7 Å². The van der Waals surface area contributed by atoms with E-state index in [2.05, 4.69) is 38.1 Å². The quantitative estimate of drug-likeness (QED) is 0.273. The smallest absolute Gasteiger partial charge is 0.317 e. The number of hydrogen-bond acceptors (Lipinski definition) is 10. The van der Waals surface area contributed by atoms with Crippen molar-refractivity contribution in [1.29, 1.82) is 5.26 Å². The van der Waals surface area contributed by atoms with E-state index in [9.17, 15) is 14.4 Å². The van der Waals surface area contributed by atoms with Crippen LogP contribution >= 0.6 is 11.3 Å². The van der Waals surface area contributed by atoms with Crippen LogP contribution in [0.1, 0.15) is 17.5 Å². The normalized spacial score (nSPS) is 15.5. The van der Waals surface area contributed by atoms with Gasteiger partial charge in [-0.05, 0) is 49.9 Å². The number of fused-ring (bicyclic) bond motifs is 1. The van der Waals surface area contributed by atoms with Gasteiger partial charge >= 0.3 is 6.03 Å². The maximum atomic E-state index is 13.6. The van der Waals surface area contributed by atoms with Gasteiger partial charge in [0.2, 0.25) is 5.95 Å². The number of halogens is 1. The Balaban J connectivity index is 1.10. The average molecular weight is 652 g/mol. The van der Waals surface area contributed by atoms with Crippen molar-refractivity contribution < 1.29 is 9.18 Å². The number of thiazole rings is 1. The number of nitriles is 1. The molecule has 2 fully saturated rings. The Kier molecular flexibility index (Phi) is 8.17. The zero-order valence-electron chi connectivity index (χ0n) is 26.4. The molecule has 47 heavy (non-hydrogen) atoms. The van der Waals surface area contributed by atoms with E-state index in [1.54, 1.807) is 12.1 Å². The van der Waals surface area contributed by atoms with Gasteiger partial charge in [-0.3, -0.25) is 4.40 Å². The molecule has 240 valence electrons. The molecule has 7 rings (SSSR count). The van der Waals surface area contributed by atoms with Crippen LogP contribution in [0, 0.1) is 17.1 Å². The number of pyridine rings is 1. The van der Waals surface area contributed by atoms with Crippen LogP contribution in [0.3, 0.4) is 0 Å². The molecule has 1 N–H and O–H groups in total. The highest BCUT2D eigenvalue weighted by molar-refractivity contribution is 7.16. The zero-order valence-corrected chi connectivity index (χ0v) is 27.2. The molecule has 0 radical (unpaired) electrons. The van der Waals surface area contributed by atoms with E-state index in [0.29, 0.717) is 59.8 Å². The number of nitrogens with one attached hydrogen (secondary N) is 1. The van der Waals surface area contributed by atoms with Crippen molar-refractivity contribution in [1.82, 2.24) is 39.5 Å². The first-order valence-corrected chi connectivity index (χ1v) is 16.4. The monoisotopic (exact) mass is 651 g/mol. The van der Waals surface area contributed by atoms with Crippen molar-refractivity contribution in [2.75, 3.05) is 63.2 Å². The van der Waals surface area contributed by atoms with Crippen molar-refractivity contribution in [2.45, 2.75) is 19.4 Å². The second kappa shape index (κ2) is 12.6. The molecule has 4 aromatic heterocycles. The number of carbonyl (C=O) groups excluding carboxylic acids is 1. The number of anilines is 3. The minimum absolute atomic E-state index is 0.00108. The van der Waals surface area contributed by atoms with E-state index in [4.69, 9.17) is 9.97 Å². The molecule has 5 aromatic rings. The highest BCUT2D eigenvalue weighted by Crippen LogP contribution is 2.37. The fourth-order valence-corrected chi connectivity index (χ4v) is 6.91. The van der Waals surface area contributed by atoms with Crippen molar-refractivity contribution in [3.63, 3.8) is 0 Å². The molecule has 12 nitrogen and oxygen atoms in total. The van der Waals surface area contributed by atoms with Gasteiger partial charge < -0.3 is 24.9 Å². The van der Waals surface area contributed by atoms with Gasteiger partial charge in [-0.1, -0.05) is 18.3 Å². The highest BCUT2D eigenvalue weighted by Gasteiger charge is 2.29. The first kappa shape index (κ1) is 30.5. The maximum Gasteiger partial charge on any atom is 0.317 e. The predicted octanol–water partition coefficient (Wildman–Crippen LogP) is 4.40. The Morgan fingerprint density at radius 2 is 1.74 bits per heavy atom. The Labute approximate surface area is 275 Å². The molecule has 1 aromatic carbocycles. The van der Waals surface area contributed by atoms with E-state index in [1.807, 2.05) is 59.0 Å². The number of benzene rings is 1. The Morgan fingerprint density at radius 3 is 2.40 bits per heavy atom. The number of hydrogen-bond donors (Lipinski definition) is 1. The fourth-order valence-electron chi connectivity index (χ4n) is 6.07. The lowest BCUT2D eigenvalue weighted by atomic mass is 10.1. The lowest BCUT2D eigenvalue weighted by molar-refractivity contribution is 0.144. The molecule has 2 aliphatic rings. The summed E-state index contributed by atoms with van der Waals surface area (Å²) in [5.74, 6) is 1.14. The Hall–Kier alpha value is -5.13. The van der Waals surface area contributed by atoms with Crippen LogP contribution in [0.2, 0.25) is 0 Å².